The van der Waals surface area contributed by atoms with E-state index in [0.29, 0.717) is 29.7 Å². The van der Waals surface area contributed by atoms with Gasteiger partial charge in [-0.1, -0.05) is 0 Å². The number of hydrogen-bond donors (Lipinski definition) is 1. The Bertz CT molecular complexity index is 689. The number of hydrogen-bond acceptors (Lipinski definition) is 6. The summed E-state index contributed by atoms with van der Waals surface area (Å²) in [5.41, 5.74) is 0.584. The lowest BCUT2D eigenvalue weighted by molar-refractivity contribution is -0.138. The first kappa shape index (κ1) is 20.6. The van der Waals surface area contributed by atoms with Gasteiger partial charge >= 0.3 is 0 Å². The summed E-state index contributed by atoms with van der Waals surface area (Å²) in [6, 6.07) is 9.22. The molecule has 0 radical (unpaired) electrons. The topological polar surface area (TPSA) is 86.0 Å². The van der Waals surface area contributed by atoms with Gasteiger partial charge in [-0.15, -0.1) is 0 Å². The summed E-state index contributed by atoms with van der Waals surface area (Å²) in [5, 5.41) is 19.2. The fourth-order valence-electron chi connectivity index (χ4n) is 4.63. The maximum atomic E-state index is 12.2. The SMILES string of the molecule is COCC(=O)N(C)C1C2CCC1CN(CC(O)COc1ccc(C#N)cc1)C2. The molecule has 1 saturated heterocycles. The number of piperidine rings is 1. The van der Waals surface area contributed by atoms with Crippen molar-refractivity contribution in [2.24, 2.45) is 11.8 Å². The largest absolute Gasteiger partial charge is 0.491 e. The third kappa shape index (κ3) is 4.82. The number of amides is 1. The zero-order chi connectivity index (χ0) is 20.1. The van der Waals surface area contributed by atoms with E-state index in [1.54, 1.807) is 31.4 Å². The number of benzene rings is 1. The second-order valence-electron chi connectivity index (χ2n) is 7.85. The lowest BCUT2D eigenvalue weighted by Gasteiger charge is -2.42. The highest BCUT2D eigenvalue weighted by Gasteiger charge is 2.45. The molecule has 7 heteroatoms. The van der Waals surface area contributed by atoms with Crippen LogP contribution in [0.4, 0.5) is 0 Å². The van der Waals surface area contributed by atoms with E-state index in [1.807, 2.05) is 11.9 Å². The molecular weight excluding hydrogens is 358 g/mol. The summed E-state index contributed by atoms with van der Waals surface area (Å²) in [6.07, 6.45) is 1.65. The van der Waals surface area contributed by atoms with Crippen molar-refractivity contribution in [3.8, 4) is 11.8 Å². The predicted molar refractivity (Wildman–Crippen MR) is 104 cm³/mol. The zero-order valence-corrected chi connectivity index (χ0v) is 16.6. The highest BCUT2D eigenvalue weighted by molar-refractivity contribution is 5.77. The minimum Gasteiger partial charge on any atom is -0.491 e. The van der Waals surface area contributed by atoms with Gasteiger partial charge in [0.1, 0.15) is 25.1 Å². The van der Waals surface area contributed by atoms with Gasteiger partial charge in [-0.2, -0.15) is 5.26 Å². The molecule has 1 amide bonds. The second-order valence-corrected chi connectivity index (χ2v) is 7.85. The molecule has 3 unspecified atom stereocenters. The van der Waals surface area contributed by atoms with Gasteiger partial charge in [-0.25, -0.2) is 0 Å². The fraction of sp³-hybridized carbons (Fsp3) is 0.619. The smallest absolute Gasteiger partial charge is 0.248 e. The van der Waals surface area contributed by atoms with Gasteiger partial charge in [0.2, 0.25) is 5.91 Å². The van der Waals surface area contributed by atoms with E-state index in [4.69, 9.17) is 14.7 Å². The van der Waals surface area contributed by atoms with Gasteiger partial charge < -0.3 is 19.5 Å². The van der Waals surface area contributed by atoms with E-state index in [1.165, 1.54) is 0 Å². The number of likely N-dealkylation sites (N-methyl/N-ethyl adjacent to an activating group) is 1. The van der Waals surface area contributed by atoms with Gasteiger partial charge in [0.25, 0.3) is 0 Å². The quantitative estimate of drug-likeness (QED) is 0.719. The van der Waals surface area contributed by atoms with Crippen LogP contribution < -0.4 is 4.74 Å². The number of aliphatic hydroxyl groups excluding tert-OH is 1. The van der Waals surface area contributed by atoms with Crippen LogP contribution in [0.1, 0.15) is 18.4 Å². The summed E-state index contributed by atoms with van der Waals surface area (Å²) < 4.78 is 10.6. The molecule has 3 atom stereocenters. The Hall–Kier alpha value is -2.14. The first-order valence-electron chi connectivity index (χ1n) is 9.79. The number of methoxy groups -OCH3 is 1. The van der Waals surface area contributed by atoms with E-state index in [0.717, 1.165) is 25.9 Å². The van der Waals surface area contributed by atoms with Crippen molar-refractivity contribution in [3.63, 3.8) is 0 Å². The zero-order valence-electron chi connectivity index (χ0n) is 16.6. The molecular formula is C21H29N3O4. The normalized spacial score (nSPS) is 25.1. The molecule has 7 nitrogen and oxygen atoms in total. The second kappa shape index (κ2) is 9.37. The summed E-state index contributed by atoms with van der Waals surface area (Å²) in [4.78, 5) is 16.4. The third-order valence-electron chi connectivity index (χ3n) is 5.86. The molecule has 2 aliphatic rings. The van der Waals surface area contributed by atoms with Crippen LogP contribution in [-0.2, 0) is 9.53 Å². The Balaban J connectivity index is 1.47. The lowest BCUT2D eigenvalue weighted by atomic mass is 9.90. The number of likely N-dealkylation sites (tertiary alicyclic amines) is 1. The molecule has 1 aliphatic carbocycles. The number of carbonyl (C=O) groups excluding carboxylic acids is 1. The molecule has 1 aromatic carbocycles. The molecule has 0 spiro atoms. The molecule has 1 N–H and O–H groups in total. The Morgan fingerprint density at radius 1 is 1.32 bits per heavy atom. The first-order chi connectivity index (χ1) is 13.5. The van der Waals surface area contributed by atoms with Gasteiger partial charge in [0.15, 0.2) is 0 Å². The molecule has 152 valence electrons. The summed E-state index contributed by atoms with van der Waals surface area (Å²) >= 11 is 0. The summed E-state index contributed by atoms with van der Waals surface area (Å²) in [7, 11) is 3.43. The number of carbonyl (C=O) groups is 1. The van der Waals surface area contributed by atoms with Crippen molar-refractivity contribution < 1.29 is 19.4 Å². The maximum absolute atomic E-state index is 12.2. The number of nitrogens with zero attached hydrogens (tertiary/aromatic N) is 3. The van der Waals surface area contributed by atoms with Gasteiger partial charge in [0.05, 0.1) is 11.6 Å². The van der Waals surface area contributed by atoms with Crippen LogP contribution in [0, 0.1) is 23.2 Å². The van der Waals surface area contributed by atoms with Crippen LogP contribution in [0.15, 0.2) is 24.3 Å². The van der Waals surface area contributed by atoms with E-state index < -0.39 is 6.10 Å². The van der Waals surface area contributed by atoms with Crippen LogP contribution >= 0.6 is 0 Å². The minimum absolute atomic E-state index is 0.0358. The minimum atomic E-state index is -0.584. The molecule has 1 saturated carbocycles. The number of β-amino-alcohol motifs (C(OH)–C–C–N with tert-alkyl or cyclic N) is 1. The van der Waals surface area contributed by atoms with Gasteiger partial charge in [0, 0.05) is 39.8 Å². The number of aliphatic hydroxyl groups is 1. The molecule has 2 bridgehead atoms. The highest BCUT2D eigenvalue weighted by Crippen LogP contribution is 2.39. The molecule has 1 aromatic rings. The third-order valence-corrected chi connectivity index (χ3v) is 5.86. The fourth-order valence-corrected chi connectivity index (χ4v) is 4.63. The standard InChI is InChI=1S/C21H29N3O4/c1-23(20(26)14-27-2)21-16-5-6-17(21)11-24(10-16)12-18(25)13-28-19-7-3-15(9-22)4-8-19/h3-4,7-8,16-18,21,25H,5-6,10-14H2,1-2H3. The number of ether oxygens (including phenoxy) is 2. The highest BCUT2D eigenvalue weighted by atomic mass is 16.5. The molecule has 0 aromatic heterocycles. The molecule has 1 aliphatic heterocycles. The summed E-state index contributed by atoms with van der Waals surface area (Å²) in [6.45, 7) is 2.68. The van der Waals surface area contributed by atoms with E-state index >= 15 is 0 Å². The van der Waals surface area contributed by atoms with Crippen molar-refractivity contribution in [1.82, 2.24) is 9.80 Å². The maximum Gasteiger partial charge on any atom is 0.248 e. The molecule has 2 fully saturated rings. The predicted octanol–water partition coefficient (Wildman–Crippen LogP) is 1.11. The van der Waals surface area contributed by atoms with Crippen LogP contribution in [0.25, 0.3) is 0 Å². The van der Waals surface area contributed by atoms with Crippen molar-refractivity contribution in [2.45, 2.75) is 25.0 Å². The van der Waals surface area contributed by atoms with Crippen molar-refractivity contribution in [2.75, 3.05) is 47.0 Å². The van der Waals surface area contributed by atoms with E-state index in [2.05, 4.69) is 11.0 Å². The monoisotopic (exact) mass is 387 g/mol. The average Bonchev–Trinajstić information content (AvgIpc) is 2.96. The van der Waals surface area contributed by atoms with Crippen molar-refractivity contribution in [3.05, 3.63) is 29.8 Å². The Morgan fingerprint density at radius 2 is 1.96 bits per heavy atom. The number of rotatable bonds is 8. The van der Waals surface area contributed by atoms with E-state index in [-0.39, 0.29) is 25.2 Å². The van der Waals surface area contributed by atoms with Gasteiger partial charge in [-0.05, 0) is 48.9 Å². The van der Waals surface area contributed by atoms with Crippen LogP contribution in [-0.4, -0.2) is 80.0 Å². The van der Waals surface area contributed by atoms with Gasteiger partial charge in [-0.3, -0.25) is 9.69 Å². The number of fused-ring (bicyclic) bond motifs is 2. The molecule has 28 heavy (non-hydrogen) atoms. The Kier molecular flexibility index (Phi) is 6.89. The van der Waals surface area contributed by atoms with E-state index in [9.17, 15) is 9.90 Å². The summed E-state index contributed by atoms with van der Waals surface area (Å²) in [5.74, 6) is 1.57. The molecule has 1 heterocycles. The van der Waals surface area contributed by atoms with Crippen LogP contribution in [0.5, 0.6) is 5.75 Å². The van der Waals surface area contributed by atoms with Crippen LogP contribution in [0.3, 0.4) is 0 Å². The Labute approximate surface area is 166 Å². The first-order valence-corrected chi connectivity index (χ1v) is 9.79. The van der Waals surface area contributed by atoms with Crippen molar-refractivity contribution >= 4 is 5.91 Å². The Morgan fingerprint density at radius 3 is 2.54 bits per heavy atom. The van der Waals surface area contributed by atoms with Crippen LogP contribution in [0.2, 0.25) is 0 Å². The molecule has 3 rings (SSSR count). The number of nitriles is 1. The lowest BCUT2D eigenvalue weighted by Crippen LogP contribution is -2.55. The average molecular weight is 387 g/mol. The van der Waals surface area contributed by atoms with Crippen molar-refractivity contribution in [1.29, 1.82) is 5.26 Å².